The Hall–Kier alpha value is -1.87. The Morgan fingerprint density at radius 2 is 1.75 bits per heavy atom. The van der Waals surface area contributed by atoms with Crippen molar-refractivity contribution in [2.75, 3.05) is 7.11 Å². The van der Waals surface area contributed by atoms with Gasteiger partial charge in [-0.05, 0) is 37.1 Å². The number of hydrogen-bond acceptors (Lipinski definition) is 2. The molecule has 1 N–H and O–H groups in total. The van der Waals surface area contributed by atoms with Crippen LogP contribution in [0.25, 0.3) is 0 Å². The van der Waals surface area contributed by atoms with E-state index in [9.17, 15) is 9.50 Å². The van der Waals surface area contributed by atoms with E-state index in [1.165, 1.54) is 6.07 Å². The predicted molar refractivity (Wildman–Crippen MR) is 77.5 cm³/mol. The minimum absolute atomic E-state index is 0.319. The maximum absolute atomic E-state index is 13.9. The zero-order chi connectivity index (χ0) is 14.7. The lowest BCUT2D eigenvalue weighted by Crippen LogP contribution is -2.06. The van der Waals surface area contributed by atoms with Gasteiger partial charge in [0.25, 0.3) is 0 Å². The standard InChI is InChI=1S/C17H19FO2/c1-11-5-7-17(20-3)13(8-11)10-16(19)14-6-4-12(2)9-15(14)18/h4-9,16,19H,10H2,1-3H3. The molecule has 0 aliphatic carbocycles. The second-order valence-corrected chi connectivity index (χ2v) is 5.06. The Labute approximate surface area is 118 Å². The lowest BCUT2D eigenvalue weighted by atomic mass is 9.98. The Morgan fingerprint density at radius 1 is 1.10 bits per heavy atom. The largest absolute Gasteiger partial charge is 0.496 e. The highest BCUT2D eigenvalue weighted by Gasteiger charge is 2.16. The molecule has 20 heavy (non-hydrogen) atoms. The molecule has 2 nitrogen and oxygen atoms in total. The maximum atomic E-state index is 13.9. The number of methoxy groups -OCH3 is 1. The van der Waals surface area contributed by atoms with Gasteiger partial charge >= 0.3 is 0 Å². The number of halogens is 1. The Bertz CT molecular complexity index is 608. The quantitative estimate of drug-likeness (QED) is 0.920. The van der Waals surface area contributed by atoms with E-state index in [1.807, 2.05) is 32.0 Å². The molecule has 0 amide bonds. The van der Waals surface area contributed by atoms with Gasteiger partial charge in [0.1, 0.15) is 11.6 Å². The molecule has 0 radical (unpaired) electrons. The van der Waals surface area contributed by atoms with Crippen LogP contribution in [0, 0.1) is 19.7 Å². The van der Waals surface area contributed by atoms with Gasteiger partial charge in [0.15, 0.2) is 0 Å². The molecule has 0 aliphatic rings. The minimum Gasteiger partial charge on any atom is -0.496 e. The smallest absolute Gasteiger partial charge is 0.129 e. The number of benzene rings is 2. The molecular formula is C17H19FO2. The van der Waals surface area contributed by atoms with E-state index in [4.69, 9.17) is 4.74 Å². The summed E-state index contributed by atoms with van der Waals surface area (Å²) in [5.41, 5.74) is 3.11. The van der Waals surface area contributed by atoms with Gasteiger partial charge in [0, 0.05) is 12.0 Å². The summed E-state index contributed by atoms with van der Waals surface area (Å²) < 4.78 is 19.2. The first-order valence-electron chi connectivity index (χ1n) is 6.59. The van der Waals surface area contributed by atoms with Gasteiger partial charge in [0.05, 0.1) is 13.2 Å². The van der Waals surface area contributed by atoms with Gasteiger partial charge in [-0.2, -0.15) is 0 Å². The van der Waals surface area contributed by atoms with Crippen molar-refractivity contribution in [1.29, 1.82) is 0 Å². The summed E-state index contributed by atoms with van der Waals surface area (Å²) in [6, 6.07) is 10.6. The van der Waals surface area contributed by atoms with Crippen molar-refractivity contribution in [3.05, 3.63) is 64.5 Å². The van der Waals surface area contributed by atoms with Crippen LogP contribution in [0.1, 0.15) is 28.4 Å². The first-order valence-corrected chi connectivity index (χ1v) is 6.59. The molecule has 2 rings (SSSR count). The van der Waals surface area contributed by atoms with Crippen molar-refractivity contribution >= 4 is 0 Å². The van der Waals surface area contributed by atoms with Crippen molar-refractivity contribution < 1.29 is 14.2 Å². The molecule has 0 fully saturated rings. The fraction of sp³-hybridized carbons (Fsp3) is 0.294. The van der Waals surface area contributed by atoms with Crippen LogP contribution in [-0.4, -0.2) is 12.2 Å². The summed E-state index contributed by atoms with van der Waals surface area (Å²) in [7, 11) is 1.59. The van der Waals surface area contributed by atoms with Crippen LogP contribution < -0.4 is 4.74 Å². The molecule has 1 atom stereocenters. The number of rotatable bonds is 4. The number of aliphatic hydroxyl groups excluding tert-OH is 1. The van der Waals surface area contributed by atoms with E-state index < -0.39 is 6.10 Å². The summed E-state index contributed by atoms with van der Waals surface area (Å²) in [5.74, 6) is 0.339. The minimum atomic E-state index is -0.883. The van der Waals surface area contributed by atoms with Crippen molar-refractivity contribution in [2.24, 2.45) is 0 Å². The third-order valence-electron chi connectivity index (χ3n) is 3.36. The summed E-state index contributed by atoms with van der Waals surface area (Å²) in [5, 5.41) is 10.3. The van der Waals surface area contributed by atoms with Crippen molar-refractivity contribution in [3.8, 4) is 5.75 Å². The third kappa shape index (κ3) is 3.17. The summed E-state index contributed by atoms with van der Waals surface area (Å²) in [4.78, 5) is 0. The fourth-order valence-electron chi connectivity index (χ4n) is 2.29. The summed E-state index contributed by atoms with van der Waals surface area (Å²) in [6.45, 7) is 3.80. The summed E-state index contributed by atoms with van der Waals surface area (Å²) >= 11 is 0. The first-order chi connectivity index (χ1) is 9.51. The SMILES string of the molecule is COc1ccc(C)cc1CC(O)c1ccc(C)cc1F. The highest BCUT2D eigenvalue weighted by molar-refractivity contribution is 5.38. The molecule has 1 unspecified atom stereocenters. The molecule has 0 saturated heterocycles. The van der Waals surface area contributed by atoms with Crippen molar-refractivity contribution in [3.63, 3.8) is 0 Å². The predicted octanol–water partition coefficient (Wildman–Crippen LogP) is 3.73. The van der Waals surface area contributed by atoms with Crippen LogP contribution >= 0.6 is 0 Å². The zero-order valence-corrected chi connectivity index (χ0v) is 12.0. The molecule has 0 saturated carbocycles. The number of aliphatic hydroxyl groups is 1. The average Bonchev–Trinajstić information content (AvgIpc) is 2.38. The van der Waals surface area contributed by atoms with Gasteiger partial charge in [-0.25, -0.2) is 4.39 Å². The van der Waals surface area contributed by atoms with Crippen LogP contribution in [0.2, 0.25) is 0 Å². The number of hydrogen-bond donors (Lipinski definition) is 1. The van der Waals surface area contributed by atoms with Gasteiger partial charge in [-0.3, -0.25) is 0 Å². The number of ether oxygens (including phenoxy) is 1. The molecule has 0 bridgehead atoms. The monoisotopic (exact) mass is 274 g/mol. The Kier molecular flexibility index (Phi) is 4.40. The van der Waals surface area contributed by atoms with Crippen LogP contribution in [0.5, 0.6) is 5.75 Å². The second-order valence-electron chi connectivity index (χ2n) is 5.06. The van der Waals surface area contributed by atoms with E-state index >= 15 is 0 Å². The molecule has 106 valence electrons. The Morgan fingerprint density at radius 3 is 2.40 bits per heavy atom. The van der Waals surface area contributed by atoms with E-state index in [1.54, 1.807) is 19.2 Å². The average molecular weight is 274 g/mol. The summed E-state index contributed by atoms with van der Waals surface area (Å²) in [6.07, 6.45) is -0.559. The molecule has 2 aromatic carbocycles. The van der Waals surface area contributed by atoms with E-state index in [0.717, 1.165) is 16.7 Å². The highest BCUT2D eigenvalue weighted by atomic mass is 19.1. The lowest BCUT2D eigenvalue weighted by molar-refractivity contribution is 0.172. The number of aryl methyl sites for hydroxylation is 2. The maximum Gasteiger partial charge on any atom is 0.129 e. The van der Waals surface area contributed by atoms with Gasteiger partial charge in [0.2, 0.25) is 0 Å². The normalized spacial score (nSPS) is 12.2. The molecule has 0 spiro atoms. The van der Waals surface area contributed by atoms with Crippen LogP contribution in [0.4, 0.5) is 4.39 Å². The highest BCUT2D eigenvalue weighted by Crippen LogP contribution is 2.27. The van der Waals surface area contributed by atoms with Gasteiger partial charge in [-0.15, -0.1) is 0 Å². The van der Waals surface area contributed by atoms with Crippen LogP contribution in [-0.2, 0) is 6.42 Å². The molecule has 0 heterocycles. The molecule has 0 aliphatic heterocycles. The first kappa shape index (κ1) is 14.5. The molecule has 2 aromatic rings. The van der Waals surface area contributed by atoms with Crippen molar-refractivity contribution in [1.82, 2.24) is 0 Å². The van der Waals surface area contributed by atoms with E-state index in [-0.39, 0.29) is 5.82 Å². The fourth-order valence-corrected chi connectivity index (χ4v) is 2.29. The van der Waals surface area contributed by atoms with Gasteiger partial charge in [-0.1, -0.05) is 29.8 Å². The van der Waals surface area contributed by atoms with Gasteiger partial charge < -0.3 is 9.84 Å². The van der Waals surface area contributed by atoms with Crippen LogP contribution in [0.15, 0.2) is 36.4 Å². The second kappa shape index (κ2) is 6.06. The third-order valence-corrected chi connectivity index (χ3v) is 3.36. The molecule has 3 heteroatoms. The topological polar surface area (TPSA) is 29.5 Å². The Balaban J connectivity index is 2.27. The molecule has 0 aromatic heterocycles. The van der Waals surface area contributed by atoms with E-state index in [0.29, 0.717) is 17.7 Å². The van der Waals surface area contributed by atoms with Crippen LogP contribution in [0.3, 0.4) is 0 Å². The molecular weight excluding hydrogens is 255 g/mol. The zero-order valence-electron chi connectivity index (χ0n) is 12.0. The van der Waals surface area contributed by atoms with E-state index in [2.05, 4.69) is 0 Å². The van der Waals surface area contributed by atoms with Crippen molar-refractivity contribution in [2.45, 2.75) is 26.4 Å². The lowest BCUT2D eigenvalue weighted by Gasteiger charge is -2.15.